The molecular weight excluding hydrogens is 325 g/mol. The summed E-state index contributed by atoms with van der Waals surface area (Å²) in [7, 11) is 0. The maximum absolute atomic E-state index is 12.1. The summed E-state index contributed by atoms with van der Waals surface area (Å²) in [4.78, 5) is 0. The molecule has 0 fully saturated rings. The number of hydrogen-bond acceptors (Lipinski definition) is 2. The van der Waals surface area contributed by atoms with Gasteiger partial charge in [0.05, 0.1) is 0 Å². The third-order valence-electron chi connectivity index (χ3n) is 2.02. The summed E-state index contributed by atoms with van der Waals surface area (Å²) in [5.41, 5.74) is 0. The Morgan fingerprint density at radius 2 is 1.68 bits per heavy atom. The number of alkyl halides is 3. The number of ether oxygens (including phenoxy) is 2. The zero-order chi connectivity index (χ0) is 13.9. The lowest BCUT2D eigenvalue weighted by molar-refractivity contribution is -0.274. The fourth-order valence-electron chi connectivity index (χ4n) is 1.31. The Morgan fingerprint density at radius 3 is 2.32 bits per heavy atom. The zero-order valence-corrected chi connectivity index (χ0v) is 11.0. The predicted octanol–water partition coefficient (Wildman–Crippen LogP) is 4.94. The molecule has 0 unspecified atom stereocenters. The van der Waals surface area contributed by atoms with Gasteiger partial charge >= 0.3 is 6.36 Å². The van der Waals surface area contributed by atoms with E-state index in [2.05, 4.69) is 26.7 Å². The van der Waals surface area contributed by atoms with Crippen molar-refractivity contribution in [2.45, 2.75) is 6.36 Å². The van der Waals surface area contributed by atoms with Crippen LogP contribution in [0.25, 0.3) is 0 Å². The summed E-state index contributed by atoms with van der Waals surface area (Å²) in [5, 5.41) is 0. The van der Waals surface area contributed by atoms with Crippen molar-refractivity contribution in [3.63, 3.8) is 0 Å². The molecule has 0 saturated heterocycles. The first-order valence-corrected chi connectivity index (χ1v) is 5.92. The molecule has 2 aromatic carbocycles. The van der Waals surface area contributed by atoms with Gasteiger partial charge in [0.25, 0.3) is 0 Å². The van der Waals surface area contributed by atoms with Gasteiger partial charge in [-0.25, -0.2) is 0 Å². The molecule has 1 radical (unpaired) electrons. The Morgan fingerprint density at radius 1 is 1.00 bits per heavy atom. The molecule has 0 atom stereocenters. The van der Waals surface area contributed by atoms with Gasteiger partial charge in [-0.1, -0.05) is 15.9 Å². The van der Waals surface area contributed by atoms with E-state index in [9.17, 15) is 13.2 Å². The van der Waals surface area contributed by atoms with Crippen LogP contribution in [0, 0.1) is 6.07 Å². The molecule has 0 N–H and O–H groups in total. The molecule has 99 valence electrons. The average Bonchev–Trinajstić information content (AvgIpc) is 2.30. The number of rotatable bonds is 3. The molecule has 2 rings (SSSR count). The fraction of sp³-hybridized carbons (Fsp3) is 0.0769. The van der Waals surface area contributed by atoms with Crippen LogP contribution in [-0.4, -0.2) is 6.36 Å². The number of halogens is 4. The van der Waals surface area contributed by atoms with Crippen molar-refractivity contribution in [3.8, 4) is 17.2 Å². The maximum Gasteiger partial charge on any atom is 0.573 e. The Kier molecular flexibility index (Phi) is 3.99. The summed E-state index contributed by atoms with van der Waals surface area (Å²) in [6, 6.07) is 13.1. The minimum Gasteiger partial charge on any atom is -0.457 e. The standard InChI is InChI=1S/C13H7BrF3O2/c14-9-4-6-10(7-5-9)18-11-2-1-3-12(8-11)19-13(15,16)17/h1,3-8H. The van der Waals surface area contributed by atoms with E-state index in [0.717, 1.165) is 16.6 Å². The Bertz CT molecular complexity index is 553. The molecule has 0 aliphatic heterocycles. The van der Waals surface area contributed by atoms with Crippen LogP contribution in [0.1, 0.15) is 0 Å². The van der Waals surface area contributed by atoms with Crippen LogP contribution in [0.15, 0.2) is 46.9 Å². The predicted molar refractivity (Wildman–Crippen MR) is 66.2 cm³/mol. The smallest absolute Gasteiger partial charge is 0.457 e. The quantitative estimate of drug-likeness (QED) is 0.793. The highest BCUT2D eigenvalue weighted by Gasteiger charge is 2.31. The first kappa shape index (κ1) is 13.7. The van der Waals surface area contributed by atoms with Crippen LogP contribution in [0.5, 0.6) is 17.2 Å². The first-order valence-electron chi connectivity index (χ1n) is 5.13. The van der Waals surface area contributed by atoms with Crippen molar-refractivity contribution < 1.29 is 22.6 Å². The molecule has 0 heterocycles. The molecule has 2 nitrogen and oxygen atoms in total. The van der Waals surface area contributed by atoms with Crippen LogP contribution < -0.4 is 9.47 Å². The van der Waals surface area contributed by atoms with Crippen molar-refractivity contribution in [2.24, 2.45) is 0 Å². The van der Waals surface area contributed by atoms with Gasteiger partial charge in [-0.3, -0.25) is 0 Å². The summed E-state index contributed by atoms with van der Waals surface area (Å²) in [6.07, 6.45) is -4.73. The van der Waals surface area contributed by atoms with Crippen LogP contribution in [0.3, 0.4) is 0 Å². The maximum atomic E-state index is 12.1. The molecule has 0 saturated carbocycles. The zero-order valence-electron chi connectivity index (χ0n) is 9.37. The van der Waals surface area contributed by atoms with E-state index in [1.165, 1.54) is 6.07 Å². The molecule has 0 aliphatic carbocycles. The lowest BCUT2D eigenvalue weighted by Crippen LogP contribution is -2.17. The Labute approximate surface area is 115 Å². The van der Waals surface area contributed by atoms with E-state index in [1.54, 1.807) is 24.3 Å². The van der Waals surface area contributed by atoms with Gasteiger partial charge in [-0.2, -0.15) is 0 Å². The van der Waals surface area contributed by atoms with Gasteiger partial charge in [-0.15, -0.1) is 13.2 Å². The topological polar surface area (TPSA) is 18.5 Å². The van der Waals surface area contributed by atoms with E-state index in [0.29, 0.717) is 5.75 Å². The number of benzene rings is 2. The van der Waals surface area contributed by atoms with Crippen LogP contribution in [0.2, 0.25) is 0 Å². The van der Waals surface area contributed by atoms with E-state index < -0.39 is 6.36 Å². The van der Waals surface area contributed by atoms with Gasteiger partial charge in [0.1, 0.15) is 17.2 Å². The van der Waals surface area contributed by atoms with E-state index in [1.807, 2.05) is 0 Å². The third kappa shape index (κ3) is 4.48. The lowest BCUT2D eigenvalue weighted by atomic mass is 10.3. The second kappa shape index (κ2) is 5.52. The monoisotopic (exact) mass is 331 g/mol. The van der Waals surface area contributed by atoms with Gasteiger partial charge in [-0.05, 0) is 36.4 Å². The molecule has 0 spiro atoms. The second-order valence-electron chi connectivity index (χ2n) is 3.49. The van der Waals surface area contributed by atoms with E-state index in [-0.39, 0.29) is 11.5 Å². The molecule has 0 amide bonds. The van der Waals surface area contributed by atoms with Crippen molar-refractivity contribution in [2.75, 3.05) is 0 Å². The van der Waals surface area contributed by atoms with Gasteiger partial charge in [0, 0.05) is 16.6 Å². The lowest BCUT2D eigenvalue weighted by Gasteiger charge is -2.10. The highest BCUT2D eigenvalue weighted by atomic mass is 79.9. The van der Waals surface area contributed by atoms with Crippen LogP contribution in [0.4, 0.5) is 13.2 Å². The highest BCUT2D eigenvalue weighted by molar-refractivity contribution is 9.10. The van der Waals surface area contributed by atoms with Gasteiger partial charge < -0.3 is 9.47 Å². The third-order valence-corrected chi connectivity index (χ3v) is 2.55. The second-order valence-corrected chi connectivity index (χ2v) is 4.41. The normalized spacial score (nSPS) is 11.2. The van der Waals surface area contributed by atoms with Crippen molar-refractivity contribution in [1.82, 2.24) is 0 Å². The van der Waals surface area contributed by atoms with Crippen LogP contribution in [-0.2, 0) is 0 Å². The fourth-order valence-corrected chi connectivity index (χ4v) is 1.57. The van der Waals surface area contributed by atoms with E-state index >= 15 is 0 Å². The van der Waals surface area contributed by atoms with Gasteiger partial charge in [0.15, 0.2) is 0 Å². The molecule has 0 aliphatic rings. The van der Waals surface area contributed by atoms with Crippen molar-refractivity contribution in [3.05, 3.63) is 53.0 Å². The average molecular weight is 332 g/mol. The molecule has 6 heteroatoms. The summed E-state index contributed by atoms with van der Waals surface area (Å²) >= 11 is 3.27. The minimum atomic E-state index is -4.73. The summed E-state index contributed by atoms with van der Waals surface area (Å²) in [6.45, 7) is 0. The number of hydrogen-bond donors (Lipinski definition) is 0. The first-order chi connectivity index (χ1) is 8.92. The molecular formula is C13H7BrF3O2. The van der Waals surface area contributed by atoms with Crippen molar-refractivity contribution >= 4 is 15.9 Å². The minimum absolute atomic E-state index is 0.143. The van der Waals surface area contributed by atoms with Crippen LogP contribution >= 0.6 is 15.9 Å². The summed E-state index contributed by atoms with van der Waals surface area (Å²) < 4.78 is 46.2. The molecule has 19 heavy (non-hydrogen) atoms. The molecule has 0 bridgehead atoms. The van der Waals surface area contributed by atoms with Crippen molar-refractivity contribution in [1.29, 1.82) is 0 Å². The molecule has 0 aromatic heterocycles. The van der Waals surface area contributed by atoms with E-state index in [4.69, 9.17) is 4.74 Å². The Balaban J connectivity index is 2.13. The molecule has 2 aromatic rings. The Hall–Kier alpha value is -1.69. The highest BCUT2D eigenvalue weighted by Crippen LogP contribution is 2.28. The summed E-state index contributed by atoms with van der Waals surface area (Å²) in [5.74, 6) is 0.283. The SMILES string of the molecule is FC(F)(F)Oc1cc[c]c(Oc2ccc(Br)cc2)c1. The largest absolute Gasteiger partial charge is 0.573 e. The van der Waals surface area contributed by atoms with Gasteiger partial charge in [0.2, 0.25) is 0 Å².